The number of hydrogen-bond acceptors (Lipinski definition) is 3. The van der Waals surface area contributed by atoms with Gasteiger partial charge in [0, 0.05) is 6.92 Å². The van der Waals surface area contributed by atoms with Crippen LogP contribution in [0.1, 0.15) is 19.8 Å². The van der Waals surface area contributed by atoms with E-state index in [-0.39, 0.29) is 12.0 Å². The van der Waals surface area contributed by atoms with E-state index >= 15 is 0 Å². The van der Waals surface area contributed by atoms with E-state index in [9.17, 15) is 4.79 Å². The topological polar surface area (TPSA) is 38.3 Å². The van der Waals surface area contributed by atoms with Crippen LogP contribution in [-0.2, 0) is 9.53 Å². The maximum atomic E-state index is 11.0. The van der Waals surface area contributed by atoms with E-state index < -0.39 is 5.60 Å². The second-order valence-electron chi connectivity index (χ2n) is 3.50. The Morgan fingerprint density at radius 2 is 2.21 bits per heavy atom. The number of carbonyl (C=O) groups is 1. The van der Waals surface area contributed by atoms with Crippen LogP contribution in [-0.4, -0.2) is 24.2 Å². The number of rotatable bonds is 4. The Kier molecular flexibility index (Phi) is 3.47. The summed E-state index contributed by atoms with van der Waals surface area (Å²) in [5.74, 6) is -0.307. The second-order valence-corrected chi connectivity index (χ2v) is 3.50. The molecule has 1 atom stereocenters. The van der Waals surface area contributed by atoms with Crippen molar-refractivity contribution in [2.24, 2.45) is 0 Å². The van der Waals surface area contributed by atoms with Crippen molar-refractivity contribution in [3.63, 3.8) is 0 Å². The summed E-state index contributed by atoms with van der Waals surface area (Å²) in [6.45, 7) is 9.78. The van der Waals surface area contributed by atoms with E-state index in [0.717, 1.165) is 19.4 Å². The molecule has 1 heterocycles. The van der Waals surface area contributed by atoms with Gasteiger partial charge < -0.3 is 10.1 Å². The number of hydrogen-bond donors (Lipinski definition) is 1. The highest BCUT2D eigenvalue weighted by Crippen LogP contribution is 2.25. The molecule has 0 aromatic carbocycles. The smallest absolute Gasteiger partial charge is 0.303 e. The summed E-state index contributed by atoms with van der Waals surface area (Å²) in [6.07, 6.45) is 5.36. The van der Waals surface area contributed by atoms with Crippen LogP contribution >= 0.6 is 0 Å². The molecule has 0 bridgehead atoms. The summed E-state index contributed by atoms with van der Waals surface area (Å²) in [5.41, 5.74) is -0.748. The van der Waals surface area contributed by atoms with Crippen molar-refractivity contribution >= 4 is 5.97 Å². The molecule has 0 amide bonds. The van der Waals surface area contributed by atoms with E-state index in [1.165, 1.54) is 6.92 Å². The minimum atomic E-state index is -0.748. The third-order valence-corrected chi connectivity index (χ3v) is 2.56. The van der Waals surface area contributed by atoms with Gasteiger partial charge in [0.1, 0.15) is 0 Å². The summed E-state index contributed by atoms with van der Waals surface area (Å²) in [4.78, 5) is 11.0. The first-order chi connectivity index (χ1) is 6.64. The van der Waals surface area contributed by atoms with E-state index in [4.69, 9.17) is 4.74 Å². The zero-order chi connectivity index (χ0) is 10.6. The predicted octanol–water partition coefficient (Wildman–Crippen LogP) is 1.41. The van der Waals surface area contributed by atoms with Crippen LogP contribution in [0.5, 0.6) is 0 Å². The molecule has 1 fully saturated rings. The highest BCUT2D eigenvalue weighted by Gasteiger charge is 2.37. The van der Waals surface area contributed by atoms with Crippen LogP contribution in [0, 0.1) is 0 Å². The van der Waals surface area contributed by atoms with Gasteiger partial charge in [-0.05, 0) is 31.5 Å². The van der Waals surface area contributed by atoms with Crippen LogP contribution in [0.25, 0.3) is 0 Å². The first kappa shape index (κ1) is 11.0. The highest BCUT2D eigenvalue weighted by molar-refractivity contribution is 5.67. The first-order valence-corrected chi connectivity index (χ1v) is 4.85. The summed E-state index contributed by atoms with van der Waals surface area (Å²) < 4.78 is 5.28. The Morgan fingerprint density at radius 1 is 1.57 bits per heavy atom. The van der Waals surface area contributed by atoms with E-state index in [1.807, 2.05) is 0 Å². The Balaban J connectivity index is 2.82. The number of ether oxygens (including phenoxy) is 1. The van der Waals surface area contributed by atoms with Crippen molar-refractivity contribution in [3.8, 4) is 0 Å². The Morgan fingerprint density at radius 3 is 2.57 bits per heavy atom. The SMILES string of the molecule is C=CC(C=C)(OC(C)=O)[C@@H]1CCCN1. The molecule has 0 saturated carbocycles. The van der Waals surface area contributed by atoms with Crippen molar-refractivity contribution in [1.82, 2.24) is 5.32 Å². The quantitative estimate of drug-likeness (QED) is 0.544. The van der Waals surface area contributed by atoms with Crippen molar-refractivity contribution in [1.29, 1.82) is 0 Å². The lowest BCUT2D eigenvalue weighted by Crippen LogP contribution is -2.47. The molecule has 1 saturated heterocycles. The van der Waals surface area contributed by atoms with Gasteiger partial charge in [0.15, 0.2) is 5.60 Å². The van der Waals surface area contributed by atoms with E-state index in [0.29, 0.717) is 0 Å². The molecule has 1 aliphatic rings. The van der Waals surface area contributed by atoms with Crippen LogP contribution < -0.4 is 5.32 Å². The fourth-order valence-electron chi connectivity index (χ4n) is 1.84. The third kappa shape index (κ3) is 2.04. The molecule has 78 valence electrons. The summed E-state index contributed by atoms with van der Waals surface area (Å²) in [5, 5.41) is 3.28. The Labute approximate surface area is 84.8 Å². The molecule has 3 heteroatoms. The third-order valence-electron chi connectivity index (χ3n) is 2.56. The van der Waals surface area contributed by atoms with Gasteiger partial charge >= 0.3 is 5.97 Å². The number of carbonyl (C=O) groups excluding carboxylic acids is 1. The summed E-state index contributed by atoms with van der Waals surface area (Å²) in [6, 6.07) is 0.112. The van der Waals surface area contributed by atoms with E-state index in [1.54, 1.807) is 12.2 Å². The van der Waals surface area contributed by atoms with Crippen molar-refractivity contribution in [2.75, 3.05) is 6.54 Å². The van der Waals surface area contributed by atoms with Crippen molar-refractivity contribution in [2.45, 2.75) is 31.4 Å². The molecule has 0 aromatic heterocycles. The fourth-order valence-corrected chi connectivity index (χ4v) is 1.84. The van der Waals surface area contributed by atoms with Gasteiger partial charge in [-0.3, -0.25) is 4.79 Å². The van der Waals surface area contributed by atoms with E-state index in [2.05, 4.69) is 18.5 Å². The van der Waals surface area contributed by atoms with Crippen LogP contribution in [0.2, 0.25) is 0 Å². The van der Waals surface area contributed by atoms with Gasteiger partial charge in [0.05, 0.1) is 6.04 Å². The monoisotopic (exact) mass is 195 g/mol. The zero-order valence-electron chi connectivity index (χ0n) is 8.58. The van der Waals surface area contributed by atoms with Gasteiger partial charge in [0.25, 0.3) is 0 Å². The lowest BCUT2D eigenvalue weighted by Gasteiger charge is -2.32. The summed E-state index contributed by atoms with van der Waals surface area (Å²) >= 11 is 0. The normalized spacial score (nSPS) is 21.6. The Hall–Kier alpha value is -1.09. The van der Waals surface area contributed by atoms with Gasteiger partial charge in [-0.1, -0.05) is 13.2 Å². The molecule has 1 rings (SSSR count). The maximum absolute atomic E-state index is 11.0. The van der Waals surface area contributed by atoms with Crippen LogP contribution in [0.3, 0.4) is 0 Å². The zero-order valence-corrected chi connectivity index (χ0v) is 8.58. The number of nitrogens with one attached hydrogen (secondary N) is 1. The Bertz CT molecular complexity index is 234. The molecule has 0 unspecified atom stereocenters. The summed E-state index contributed by atoms with van der Waals surface area (Å²) in [7, 11) is 0. The molecule has 0 aliphatic carbocycles. The molecule has 1 aliphatic heterocycles. The van der Waals surface area contributed by atoms with Crippen LogP contribution in [0.15, 0.2) is 25.3 Å². The van der Waals surface area contributed by atoms with Crippen molar-refractivity contribution in [3.05, 3.63) is 25.3 Å². The van der Waals surface area contributed by atoms with Gasteiger partial charge in [0.2, 0.25) is 0 Å². The average Bonchev–Trinajstić information content (AvgIpc) is 2.67. The molecule has 14 heavy (non-hydrogen) atoms. The molecule has 0 aromatic rings. The molecule has 1 N–H and O–H groups in total. The van der Waals surface area contributed by atoms with Crippen molar-refractivity contribution < 1.29 is 9.53 Å². The average molecular weight is 195 g/mol. The minimum Gasteiger partial charge on any atom is -0.449 e. The minimum absolute atomic E-state index is 0.112. The maximum Gasteiger partial charge on any atom is 0.303 e. The largest absolute Gasteiger partial charge is 0.449 e. The molecule has 3 nitrogen and oxygen atoms in total. The lowest BCUT2D eigenvalue weighted by molar-refractivity contribution is -0.150. The molecular formula is C11H17NO2. The molecule has 0 radical (unpaired) electrons. The van der Waals surface area contributed by atoms with Gasteiger partial charge in [-0.25, -0.2) is 0 Å². The van der Waals surface area contributed by atoms with Gasteiger partial charge in [-0.15, -0.1) is 0 Å². The van der Waals surface area contributed by atoms with Crippen LogP contribution in [0.4, 0.5) is 0 Å². The number of esters is 1. The molecular weight excluding hydrogens is 178 g/mol. The van der Waals surface area contributed by atoms with Gasteiger partial charge in [-0.2, -0.15) is 0 Å². The second kappa shape index (κ2) is 4.42. The fraction of sp³-hybridized carbons (Fsp3) is 0.545. The lowest BCUT2D eigenvalue weighted by atomic mass is 9.92. The highest BCUT2D eigenvalue weighted by atomic mass is 16.6. The standard InChI is InChI=1S/C11H17NO2/c1-4-11(5-2,14-9(3)13)10-7-6-8-12-10/h4-5,10,12H,1-2,6-8H2,3H3/t10-/m0/s1. The molecule has 0 spiro atoms. The predicted molar refractivity (Wildman–Crippen MR) is 55.9 cm³/mol. The first-order valence-electron chi connectivity index (χ1n) is 4.85.